The third-order valence-corrected chi connectivity index (χ3v) is 3.69. The number of primary amides is 1. The van der Waals surface area contributed by atoms with Crippen LogP contribution in [0.4, 0.5) is 0 Å². The van der Waals surface area contributed by atoms with Crippen LogP contribution in [0.3, 0.4) is 0 Å². The molecule has 0 saturated carbocycles. The fourth-order valence-corrected chi connectivity index (χ4v) is 2.58. The zero-order valence-corrected chi connectivity index (χ0v) is 12.4. The second kappa shape index (κ2) is 5.88. The summed E-state index contributed by atoms with van der Waals surface area (Å²) in [5, 5.41) is 0.459. The quantitative estimate of drug-likeness (QED) is 0.752. The molecule has 0 bridgehead atoms. The van der Waals surface area contributed by atoms with Gasteiger partial charge in [0.05, 0.1) is 5.52 Å². The van der Waals surface area contributed by atoms with Gasteiger partial charge in [0.15, 0.2) is 0 Å². The molecule has 0 aliphatic heterocycles. The predicted molar refractivity (Wildman–Crippen MR) is 90.2 cm³/mol. The number of amides is 1. The van der Waals surface area contributed by atoms with Gasteiger partial charge in [0.1, 0.15) is 5.56 Å². The van der Waals surface area contributed by atoms with E-state index in [0.29, 0.717) is 11.9 Å². The van der Waals surface area contributed by atoms with Gasteiger partial charge in [0, 0.05) is 30.5 Å². The van der Waals surface area contributed by atoms with Gasteiger partial charge >= 0.3 is 0 Å². The monoisotopic (exact) mass is 305 g/mol. The average molecular weight is 305 g/mol. The van der Waals surface area contributed by atoms with Crippen LogP contribution in [0.15, 0.2) is 66.4 Å². The molecule has 0 unspecified atom stereocenters. The largest absolute Gasteiger partial charge is 0.365 e. The number of aromatic nitrogens is 2. The van der Waals surface area contributed by atoms with Crippen LogP contribution in [0.1, 0.15) is 10.4 Å². The van der Waals surface area contributed by atoms with E-state index >= 15 is 0 Å². The van der Waals surface area contributed by atoms with Crippen molar-refractivity contribution in [2.24, 2.45) is 5.73 Å². The van der Waals surface area contributed by atoms with Crippen LogP contribution in [0, 0.1) is 0 Å². The number of benzene rings is 1. The van der Waals surface area contributed by atoms with Gasteiger partial charge in [-0.2, -0.15) is 0 Å². The van der Waals surface area contributed by atoms with Gasteiger partial charge < -0.3 is 10.3 Å². The molecule has 3 aromatic rings. The number of fused-ring (bicyclic) bond motifs is 1. The van der Waals surface area contributed by atoms with Gasteiger partial charge in [0.25, 0.3) is 5.91 Å². The Morgan fingerprint density at radius 1 is 1.22 bits per heavy atom. The first-order chi connectivity index (χ1) is 11.1. The first-order valence-corrected chi connectivity index (χ1v) is 7.10. The number of hydrogen-bond donors (Lipinski definition) is 1. The first kappa shape index (κ1) is 14.7. The van der Waals surface area contributed by atoms with E-state index in [1.54, 1.807) is 29.1 Å². The smallest absolute Gasteiger partial charge is 0.254 e. The molecule has 1 amide bonds. The molecule has 114 valence electrons. The highest BCUT2D eigenvalue weighted by Crippen LogP contribution is 2.23. The van der Waals surface area contributed by atoms with Crippen LogP contribution < -0.4 is 11.2 Å². The highest BCUT2D eigenvalue weighted by atomic mass is 16.2. The molecule has 2 aromatic heterocycles. The molecule has 0 radical (unpaired) electrons. The molecule has 5 nitrogen and oxygen atoms in total. The average Bonchev–Trinajstić information content (AvgIpc) is 2.57. The third-order valence-electron chi connectivity index (χ3n) is 3.69. The molecule has 23 heavy (non-hydrogen) atoms. The maximum absolute atomic E-state index is 12.4. The van der Waals surface area contributed by atoms with Crippen molar-refractivity contribution < 1.29 is 4.79 Å². The highest BCUT2D eigenvalue weighted by Gasteiger charge is 2.13. The first-order valence-electron chi connectivity index (χ1n) is 7.10. The van der Waals surface area contributed by atoms with Crippen molar-refractivity contribution in [3.8, 4) is 11.1 Å². The molecule has 0 saturated heterocycles. The van der Waals surface area contributed by atoms with E-state index in [1.807, 2.05) is 24.3 Å². The summed E-state index contributed by atoms with van der Waals surface area (Å²) in [6.45, 7) is 4.19. The predicted octanol–water partition coefficient (Wildman–Crippen LogP) is 2.35. The van der Waals surface area contributed by atoms with Gasteiger partial charge in [-0.25, -0.2) is 0 Å². The second-order valence-corrected chi connectivity index (χ2v) is 5.15. The molecule has 0 fully saturated rings. The van der Waals surface area contributed by atoms with E-state index in [0.717, 1.165) is 16.6 Å². The van der Waals surface area contributed by atoms with Gasteiger partial charge in [-0.15, -0.1) is 6.58 Å². The molecule has 3 rings (SSSR count). The number of nitrogens with zero attached hydrogens (tertiary/aromatic N) is 2. The Morgan fingerprint density at radius 3 is 2.61 bits per heavy atom. The maximum Gasteiger partial charge on any atom is 0.254 e. The zero-order valence-electron chi connectivity index (χ0n) is 12.4. The molecule has 0 aliphatic carbocycles. The number of carbonyl (C=O) groups excluding carboxylic acids is 1. The molecular formula is C18H15N3O2. The van der Waals surface area contributed by atoms with Crippen molar-refractivity contribution in [2.75, 3.05) is 0 Å². The van der Waals surface area contributed by atoms with Crippen LogP contribution in [-0.2, 0) is 6.54 Å². The van der Waals surface area contributed by atoms with Crippen molar-refractivity contribution in [3.05, 3.63) is 77.4 Å². The fourth-order valence-electron chi connectivity index (χ4n) is 2.58. The van der Waals surface area contributed by atoms with Crippen molar-refractivity contribution in [1.29, 1.82) is 0 Å². The number of nitrogens with two attached hydrogens (primary N) is 1. The Hall–Kier alpha value is -3.21. The minimum absolute atomic E-state index is 0.0176. The van der Waals surface area contributed by atoms with Crippen LogP contribution in [0.5, 0.6) is 0 Å². The summed E-state index contributed by atoms with van der Waals surface area (Å²) < 4.78 is 1.80. The fraction of sp³-hybridized carbons (Fsp3) is 0.0556. The van der Waals surface area contributed by atoms with Crippen LogP contribution in [0.25, 0.3) is 22.0 Å². The lowest BCUT2D eigenvalue weighted by Gasteiger charge is -2.12. The van der Waals surface area contributed by atoms with Crippen LogP contribution in [-0.4, -0.2) is 15.5 Å². The molecule has 2 heterocycles. The van der Waals surface area contributed by atoms with Gasteiger partial charge in [-0.05, 0) is 35.4 Å². The van der Waals surface area contributed by atoms with Crippen molar-refractivity contribution in [2.45, 2.75) is 6.54 Å². The van der Waals surface area contributed by atoms with Gasteiger partial charge in [0.2, 0.25) is 5.43 Å². The zero-order chi connectivity index (χ0) is 16.4. The van der Waals surface area contributed by atoms with E-state index in [9.17, 15) is 9.59 Å². The number of allylic oxidation sites excluding steroid dienone is 1. The lowest BCUT2D eigenvalue weighted by molar-refractivity contribution is 0.0999. The normalized spacial score (nSPS) is 10.6. The van der Waals surface area contributed by atoms with Crippen molar-refractivity contribution in [1.82, 2.24) is 9.55 Å². The summed E-state index contributed by atoms with van der Waals surface area (Å²) in [7, 11) is 0. The minimum Gasteiger partial charge on any atom is -0.365 e. The Bertz CT molecular complexity index is 959. The van der Waals surface area contributed by atoms with Gasteiger partial charge in [-0.3, -0.25) is 14.6 Å². The van der Waals surface area contributed by atoms with E-state index in [2.05, 4.69) is 11.6 Å². The lowest BCUT2D eigenvalue weighted by atomic mass is 10.0. The molecule has 0 spiro atoms. The van der Waals surface area contributed by atoms with Crippen molar-refractivity contribution >= 4 is 16.8 Å². The van der Waals surface area contributed by atoms with Gasteiger partial charge in [-0.1, -0.05) is 12.1 Å². The SMILES string of the molecule is C=CCn1cc(C(N)=O)c(=O)c2ccc(-c3ccncc3)cc21. The maximum atomic E-state index is 12.4. The van der Waals surface area contributed by atoms with Crippen LogP contribution >= 0.6 is 0 Å². The summed E-state index contributed by atoms with van der Waals surface area (Å²) in [6.07, 6.45) is 6.62. The molecule has 5 heteroatoms. The number of pyridine rings is 2. The molecule has 0 atom stereocenters. The molecular weight excluding hydrogens is 290 g/mol. The standard InChI is InChI=1S/C18H15N3O2/c1-2-9-21-11-15(18(19)23)17(22)14-4-3-13(10-16(14)21)12-5-7-20-8-6-12/h2-8,10-11H,1,9H2,(H2,19,23). The Balaban J connectivity index is 2.32. The Kier molecular flexibility index (Phi) is 3.76. The summed E-state index contributed by atoms with van der Waals surface area (Å²) in [4.78, 5) is 27.9. The highest BCUT2D eigenvalue weighted by molar-refractivity contribution is 5.97. The Morgan fingerprint density at radius 2 is 1.96 bits per heavy atom. The summed E-state index contributed by atoms with van der Waals surface area (Å²) in [5.74, 6) is -0.729. The second-order valence-electron chi connectivity index (χ2n) is 5.15. The summed E-state index contributed by atoms with van der Waals surface area (Å²) >= 11 is 0. The Labute approximate surface area is 132 Å². The van der Waals surface area contributed by atoms with E-state index < -0.39 is 5.91 Å². The molecule has 2 N–H and O–H groups in total. The van der Waals surface area contributed by atoms with Crippen LogP contribution in [0.2, 0.25) is 0 Å². The topological polar surface area (TPSA) is 78.0 Å². The number of carbonyl (C=O) groups is 1. The van der Waals surface area contributed by atoms with Crippen molar-refractivity contribution in [3.63, 3.8) is 0 Å². The number of rotatable bonds is 4. The number of hydrogen-bond acceptors (Lipinski definition) is 3. The molecule has 1 aromatic carbocycles. The molecule has 0 aliphatic rings. The van der Waals surface area contributed by atoms with E-state index in [4.69, 9.17) is 5.73 Å². The summed E-state index contributed by atoms with van der Waals surface area (Å²) in [5.41, 5.74) is 7.63. The third kappa shape index (κ3) is 2.64. The summed E-state index contributed by atoms with van der Waals surface area (Å²) in [6, 6.07) is 9.28. The minimum atomic E-state index is -0.729. The van der Waals surface area contributed by atoms with E-state index in [-0.39, 0.29) is 11.0 Å². The lowest BCUT2D eigenvalue weighted by Crippen LogP contribution is -2.24. The van der Waals surface area contributed by atoms with E-state index in [1.165, 1.54) is 6.20 Å².